The minimum absolute atomic E-state index is 0.581. The average Bonchev–Trinajstić information content (AvgIpc) is 2.49. The highest BCUT2D eigenvalue weighted by Crippen LogP contribution is 2.34. The Morgan fingerprint density at radius 1 is 1.40 bits per heavy atom. The quantitative estimate of drug-likeness (QED) is 0.847. The van der Waals surface area contributed by atoms with Crippen molar-refractivity contribution in [1.82, 2.24) is 9.97 Å². The Morgan fingerprint density at radius 2 is 2.13 bits per heavy atom. The third-order valence-electron chi connectivity index (χ3n) is 1.86. The Labute approximate surface area is 97.0 Å². The van der Waals surface area contributed by atoms with Crippen LogP contribution in [0.25, 0.3) is 0 Å². The number of nitrogens with zero attached hydrogens (tertiary/aromatic N) is 1. The summed E-state index contributed by atoms with van der Waals surface area (Å²) in [5.41, 5.74) is 5.76. The molecule has 1 heterocycles. The lowest BCUT2D eigenvalue weighted by Gasteiger charge is -2.00. The molecule has 3 N–H and O–H groups in total. The Morgan fingerprint density at radius 3 is 2.73 bits per heavy atom. The van der Waals surface area contributed by atoms with E-state index in [4.69, 9.17) is 17.3 Å². The monoisotopic (exact) mass is 239 g/mol. The second-order valence-corrected chi connectivity index (χ2v) is 4.51. The Balaban J connectivity index is 2.29. The van der Waals surface area contributed by atoms with Crippen LogP contribution >= 0.6 is 23.4 Å². The lowest BCUT2D eigenvalue weighted by molar-refractivity contribution is 1.10. The molecule has 0 saturated heterocycles. The van der Waals surface area contributed by atoms with Crippen LogP contribution in [0.15, 0.2) is 34.2 Å². The summed E-state index contributed by atoms with van der Waals surface area (Å²) < 4.78 is 0. The lowest BCUT2D eigenvalue weighted by Crippen LogP contribution is -1.86. The van der Waals surface area contributed by atoms with Gasteiger partial charge in [-0.3, -0.25) is 0 Å². The van der Waals surface area contributed by atoms with Crippen molar-refractivity contribution >= 4 is 29.2 Å². The maximum atomic E-state index is 6.03. The van der Waals surface area contributed by atoms with Crippen LogP contribution in [0.2, 0.25) is 5.02 Å². The van der Waals surface area contributed by atoms with Gasteiger partial charge in [0, 0.05) is 4.90 Å². The Kier molecular flexibility index (Phi) is 2.88. The van der Waals surface area contributed by atoms with Gasteiger partial charge in [-0.2, -0.15) is 0 Å². The van der Waals surface area contributed by atoms with E-state index in [1.54, 1.807) is 0 Å². The van der Waals surface area contributed by atoms with E-state index in [1.807, 2.05) is 31.2 Å². The van der Waals surface area contributed by atoms with Gasteiger partial charge >= 0.3 is 0 Å². The molecule has 78 valence electrons. The van der Waals surface area contributed by atoms with Gasteiger partial charge in [0.1, 0.15) is 16.7 Å². The number of halogens is 1. The number of H-pyrrole nitrogens is 1. The third kappa shape index (κ3) is 2.27. The van der Waals surface area contributed by atoms with Crippen molar-refractivity contribution in [3.63, 3.8) is 0 Å². The van der Waals surface area contributed by atoms with Gasteiger partial charge in [0.25, 0.3) is 0 Å². The molecule has 0 aliphatic carbocycles. The van der Waals surface area contributed by atoms with E-state index in [2.05, 4.69) is 9.97 Å². The molecule has 0 atom stereocenters. The van der Waals surface area contributed by atoms with Gasteiger partial charge in [0.15, 0.2) is 0 Å². The van der Waals surface area contributed by atoms with Crippen molar-refractivity contribution in [2.24, 2.45) is 0 Å². The van der Waals surface area contributed by atoms with E-state index >= 15 is 0 Å². The molecule has 0 aliphatic rings. The molecule has 15 heavy (non-hydrogen) atoms. The second kappa shape index (κ2) is 4.16. The van der Waals surface area contributed by atoms with Gasteiger partial charge in [-0.05, 0) is 19.1 Å². The number of nitrogen functional groups attached to an aromatic ring is 1. The van der Waals surface area contributed by atoms with Gasteiger partial charge < -0.3 is 10.7 Å². The maximum Gasteiger partial charge on any atom is 0.143 e. The van der Waals surface area contributed by atoms with E-state index in [-0.39, 0.29) is 0 Å². The fraction of sp³-hybridized carbons (Fsp3) is 0.100. The highest BCUT2D eigenvalue weighted by atomic mass is 35.5. The van der Waals surface area contributed by atoms with Crippen LogP contribution in [0.1, 0.15) is 5.82 Å². The van der Waals surface area contributed by atoms with Crippen molar-refractivity contribution in [3.05, 3.63) is 35.1 Å². The molecule has 2 rings (SSSR count). The van der Waals surface area contributed by atoms with Crippen molar-refractivity contribution in [1.29, 1.82) is 0 Å². The van der Waals surface area contributed by atoms with E-state index in [1.165, 1.54) is 11.8 Å². The molecule has 0 unspecified atom stereocenters. The summed E-state index contributed by atoms with van der Waals surface area (Å²) in [6, 6.07) is 7.62. The number of hydrogen-bond donors (Lipinski definition) is 2. The fourth-order valence-corrected chi connectivity index (χ4v) is 2.31. The zero-order chi connectivity index (χ0) is 10.8. The maximum absolute atomic E-state index is 6.03. The molecular weight excluding hydrogens is 230 g/mol. The molecular formula is C10H10ClN3S. The van der Waals surface area contributed by atoms with Crippen LogP contribution in [0.3, 0.4) is 0 Å². The fourth-order valence-electron chi connectivity index (χ4n) is 1.20. The molecule has 0 fully saturated rings. The normalized spacial score (nSPS) is 10.5. The van der Waals surface area contributed by atoms with Crippen molar-refractivity contribution in [3.8, 4) is 0 Å². The number of aryl methyl sites for hydroxylation is 1. The summed E-state index contributed by atoms with van der Waals surface area (Å²) in [5.74, 6) is 1.39. The van der Waals surface area contributed by atoms with Crippen LogP contribution in [-0.2, 0) is 0 Å². The van der Waals surface area contributed by atoms with Crippen molar-refractivity contribution in [2.75, 3.05) is 5.73 Å². The first kappa shape index (κ1) is 10.4. The summed E-state index contributed by atoms with van der Waals surface area (Å²) in [7, 11) is 0. The van der Waals surface area contributed by atoms with E-state index in [0.717, 1.165) is 15.7 Å². The minimum Gasteiger partial charge on any atom is -0.383 e. The molecule has 0 amide bonds. The first-order valence-electron chi connectivity index (χ1n) is 4.41. The Bertz CT molecular complexity index is 481. The van der Waals surface area contributed by atoms with Crippen LogP contribution in [0.4, 0.5) is 5.82 Å². The summed E-state index contributed by atoms with van der Waals surface area (Å²) in [6.45, 7) is 1.87. The average molecular weight is 240 g/mol. The molecule has 3 nitrogen and oxygen atoms in total. The smallest absolute Gasteiger partial charge is 0.143 e. The molecule has 0 bridgehead atoms. The predicted molar refractivity (Wildman–Crippen MR) is 63.3 cm³/mol. The number of nitrogens with two attached hydrogens (primary N) is 1. The van der Waals surface area contributed by atoms with Gasteiger partial charge in [-0.1, -0.05) is 35.5 Å². The van der Waals surface area contributed by atoms with Gasteiger partial charge in [-0.15, -0.1) is 0 Å². The molecule has 0 saturated carbocycles. The summed E-state index contributed by atoms with van der Waals surface area (Å²) in [5, 5.41) is 1.48. The molecule has 2 aromatic rings. The number of nitrogens with one attached hydrogen (secondary N) is 1. The van der Waals surface area contributed by atoms with E-state index in [0.29, 0.717) is 10.8 Å². The van der Waals surface area contributed by atoms with Gasteiger partial charge in [0.05, 0.1) is 5.02 Å². The predicted octanol–water partition coefficient (Wildman–Crippen LogP) is 3.10. The van der Waals surface area contributed by atoms with Crippen LogP contribution in [-0.4, -0.2) is 9.97 Å². The zero-order valence-corrected chi connectivity index (χ0v) is 9.69. The first-order chi connectivity index (χ1) is 7.16. The Hall–Kier alpha value is -1.13. The van der Waals surface area contributed by atoms with E-state index in [9.17, 15) is 0 Å². The molecule has 1 aromatic heterocycles. The van der Waals surface area contributed by atoms with Crippen LogP contribution in [0.5, 0.6) is 0 Å². The molecule has 0 aliphatic heterocycles. The molecule has 5 heteroatoms. The number of rotatable bonds is 2. The SMILES string of the molecule is Cc1nc(Sc2ccccc2Cl)c(N)[nH]1. The molecule has 0 radical (unpaired) electrons. The van der Waals surface area contributed by atoms with Gasteiger partial charge in [0.2, 0.25) is 0 Å². The number of imidazole rings is 1. The van der Waals surface area contributed by atoms with E-state index < -0.39 is 0 Å². The zero-order valence-electron chi connectivity index (χ0n) is 8.12. The highest BCUT2D eigenvalue weighted by molar-refractivity contribution is 7.99. The van der Waals surface area contributed by atoms with Crippen LogP contribution in [0, 0.1) is 6.92 Å². The standard InChI is InChI=1S/C10H10ClN3S/c1-6-13-9(12)10(14-6)15-8-5-3-2-4-7(8)11/h2-5H,12H2,1H3,(H,13,14). The lowest BCUT2D eigenvalue weighted by atomic mass is 10.4. The first-order valence-corrected chi connectivity index (χ1v) is 5.60. The largest absolute Gasteiger partial charge is 0.383 e. The molecule has 0 spiro atoms. The molecule has 1 aromatic carbocycles. The number of hydrogen-bond acceptors (Lipinski definition) is 3. The van der Waals surface area contributed by atoms with Crippen molar-refractivity contribution < 1.29 is 0 Å². The number of aromatic amines is 1. The summed E-state index contributed by atoms with van der Waals surface area (Å²) in [6.07, 6.45) is 0. The topological polar surface area (TPSA) is 54.7 Å². The van der Waals surface area contributed by atoms with Crippen molar-refractivity contribution in [2.45, 2.75) is 16.8 Å². The summed E-state index contributed by atoms with van der Waals surface area (Å²) in [4.78, 5) is 8.18. The number of benzene rings is 1. The van der Waals surface area contributed by atoms with Crippen LogP contribution < -0.4 is 5.73 Å². The third-order valence-corrected chi connectivity index (χ3v) is 3.38. The minimum atomic E-state index is 0.581. The van der Waals surface area contributed by atoms with Gasteiger partial charge in [-0.25, -0.2) is 4.98 Å². The highest BCUT2D eigenvalue weighted by Gasteiger charge is 2.08. The number of aromatic nitrogens is 2. The number of anilines is 1. The summed E-state index contributed by atoms with van der Waals surface area (Å²) >= 11 is 7.50. The second-order valence-electron chi connectivity index (χ2n) is 3.07.